The van der Waals surface area contributed by atoms with Crippen molar-refractivity contribution in [2.75, 3.05) is 45.9 Å². The summed E-state index contributed by atoms with van der Waals surface area (Å²) in [4.78, 5) is 54.2. The number of amides is 2. The zero-order valence-corrected chi connectivity index (χ0v) is 27.4. The molecule has 0 saturated carbocycles. The lowest BCUT2D eigenvalue weighted by Gasteiger charge is -2.48. The number of carboxylic acids is 1. The van der Waals surface area contributed by atoms with Gasteiger partial charge in [0.15, 0.2) is 10.8 Å². The number of carbonyl (C=O) groups is 3. The van der Waals surface area contributed by atoms with Crippen LogP contribution in [0.15, 0.2) is 46.0 Å². The Hall–Kier alpha value is -3.84. The lowest BCUT2D eigenvalue weighted by Crippen LogP contribution is -2.64. The van der Waals surface area contributed by atoms with Crippen LogP contribution in [0, 0.1) is 24.1 Å². The van der Waals surface area contributed by atoms with E-state index < -0.39 is 34.8 Å². The summed E-state index contributed by atoms with van der Waals surface area (Å²) in [7, 11) is 0. The van der Waals surface area contributed by atoms with Gasteiger partial charge in [0.2, 0.25) is 0 Å². The van der Waals surface area contributed by atoms with Gasteiger partial charge in [-0.05, 0) is 50.8 Å². The van der Waals surface area contributed by atoms with Crippen LogP contribution in [-0.2, 0) is 14.3 Å². The van der Waals surface area contributed by atoms with Crippen LogP contribution in [0.2, 0.25) is 0 Å². The summed E-state index contributed by atoms with van der Waals surface area (Å²) < 4.78 is 20.4. The summed E-state index contributed by atoms with van der Waals surface area (Å²) >= 11 is 1.40. The molecule has 2 fully saturated rings. The van der Waals surface area contributed by atoms with Gasteiger partial charge in [-0.1, -0.05) is 26.0 Å². The number of ether oxygens (including phenoxy) is 1. The van der Waals surface area contributed by atoms with Gasteiger partial charge >= 0.3 is 18.0 Å². The Kier molecular flexibility index (Phi) is 9.05. The van der Waals surface area contributed by atoms with Crippen molar-refractivity contribution < 1.29 is 28.6 Å². The molecule has 0 radical (unpaired) electrons. The first-order chi connectivity index (χ1) is 21.3. The molecule has 2 aromatic rings. The van der Waals surface area contributed by atoms with Crippen molar-refractivity contribution in [2.24, 2.45) is 16.3 Å². The molecule has 242 valence electrons. The number of thiazole rings is 1. The third-order valence-electron chi connectivity index (χ3n) is 9.12. The van der Waals surface area contributed by atoms with Crippen LogP contribution >= 0.6 is 11.3 Å². The summed E-state index contributed by atoms with van der Waals surface area (Å²) in [5.74, 6) is -1.33. The molecule has 2 amide bonds. The summed E-state index contributed by atoms with van der Waals surface area (Å²) in [6, 6.07) is 3.80. The lowest BCUT2D eigenvalue weighted by molar-refractivity contribution is -0.147. The van der Waals surface area contributed by atoms with Crippen molar-refractivity contribution in [1.82, 2.24) is 25.0 Å². The molecule has 2 atom stereocenters. The van der Waals surface area contributed by atoms with Gasteiger partial charge in [0.25, 0.3) is 0 Å². The lowest BCUT2D eigenvalue weighted by atomic mass is 9.83. The molecule has 0 bridgehead atoms. The molecular formula is C32H41FN6O5S. The number of carboxylic acid groups (broad SMARTS) is 1. The Morgan fingerprint density at radius 2 is 2.02 bits per heavy atom. The molecule has 5 rings (SSSR count). The number of piperazine rings is 1. The minimum absolute atomic E-state index is 0.0650. The number of esters is 1. The summed E-state index contributed by atoms with van der Waals surface area (Å²) in [5.41, 5.74) is 0.195. The van der Waals surface area contributed by atoms with Crippen molar-refractivity contribution in [3.05, 3.63) is 63.0 Å². The number of aliphatic carboxylic acids is 1. The first-order valence-corrected chi connectivity index (χ1v) is 16.1. The second kappa shape index (κ2) is 12.5. The number of halogens is 1. The number of hydrogen-bond donors (Lipinski definition) is 2. The summed E-state index contributed by atoms with van der Waals surface area (Å²) in [6.07, 6.45) is 1.68. The largest absolute Gasteiger partial charge is 0.481 e. The van der Waals surface area contributed by atoms with E-state index >= 15 is 0 Å². The van der Waals surface area contributed by atoms with Crippen molar-refractivity contribution in [2.45, 2.75) is 53.1 Å². The second-order valence-electron chi connectivity index (χ2n) is 12.9. The quantitative estimate of drug-likeness (QED) is 0.373. The summed E-state index contributed by atoms with van der Waals surface area (Å²) in [5, 5.41) is 15.6. The SMILES string of the molecule is CCOC(=O)C1=C(CN2CCN3C(=O)N(CC(C)(C)C(=O)O)CC3(C(C)C)C2)NC(c2nccs2)=NC1c1cccc(F)c1C. The standard InChI is InChI=1S/C32H41FN6O5S/c1-7-44-28(40)24-23(35-26(27-34-11-14-45-27)36-25(24)21-9-8-10-22(33)20(21)4)15-37-12-13-39-30(43)38(16-31(5,6)29(41)42)18-32(39,17-37)19(2)3/h8-11,14,19,25H,7,12-13,15-18H2,1-6H3,(H,35,36)(H,41,42). The van der Waals surface area contributed by atoms with E-state index in [2.05, 4.69) is 29.0 Å². The van der Waals surface area contributed by atoms with Gasteiger partial charge in [-0.3, -0.25) is 14.7 Å². The monoisotopic (exact) mass is 640 g/mol. The Balaban J connectivity index is 1.52. The van der Waals surface area contributed by atoms with Crippen LogP contribution in [0.5, 0.6) is 0 Å². The number of aromatic nitrogens is 1. The molecule has 45 heavy (non-hydrogen) atoms. The van der Waals surface area contributed by atoms with E-state index in [-0.39, 0.29) is 25.1 Å². The van der Waals surface area contributed by atoms with Gasteiger partial charge in [0, 0.05) is 56.5 Å². The van der Waals surface area contributed by atoms with E-state index in [0.29, 0.717) is 66.0 Å². The van der Waals surface area contributed by atoms with E-state index in [1.807, 2.05) is 10.3 Å². The molecule has 3 aliphatic rings. The van der Waals surface area contributed by atoms with Crippen LogP contribution < -0.4 is 5.32 Å². The fraction of sp³-hybridized carbons (Fsp3) is 0.531. The van der Waals surface area contributed by atoms with Crippen LogP contribution in [-0.4, -0.2) is 100 Å². The first-order valence-electron chi connectivity index (χ1n) is 15.2. The number of amidine groups is 1. The maximum Gasteiger partial charge on any atom is 0.338 e. The Morgan fingerprint density at radius 3 is 2.67 bits per heavy atom. The molecule has 0 aliphatic carbocycles. The highest BCUT2D eigenvalue weighted by molar-refractivity contribution is 7.11. The van der Waals surface area contributed by atoms with Gasteiger partial charge in [0.1, 0.15) is 11.9 Å². The Labute approximate surface area is 266 Å². The summed E-state index contributed by atoms with van der Waals surface area (Å²) in [6.45, 7) is 13.3. The predicted molar refractivity (Wildman–Crippen MR) is 168 cm³/mol. The molecule has 1 aromatic carbocycles. The molecule has 2 N–H and O–H groups in total. The molecule has 1 aromatic heterocycles. The molecule has 3 aliphatic heterocycles. The molecule has 4 heterocycles. The zero-order valence-electron chi connectivity index (χ0n) is 26.6. The minimum Gasteiger partial charge on any atom is -0.481 e. The number of nitrogens with zero attached hydrogens (tertiary/aromatic N) is 5. The van der Waals surface area contributed by atoms with Crippen LogP contribution in [0.1, 0.15) is 56.8 Å². The van der Waals surface area contributed by atoms with E-state index in [0.717, 1.165) is 0 Å². The third kappa shape index (κ3) is 6.07. The number of hydrogen-bond acceptors (Lipinski definition) is 9. The highest BCUT2D eigenvalue weighted by atomic mass is 32.1. The average molecular weight is 641 g/mol. The maximum atomic E-state index is 14.8. The molecule has 0 spiro atoms. The second-order valence-corrected chi connectivity index (χ2v) is 13.8. The van der Waals surface area contributed by atoms with Crippen molar-refractivity contribution in [3.8, 4) is 0 Å². The van der Waals surface area contributed by atoms with Gasteiger partial charge < -0.3 is 25.0 Å². The first kappa shape index (κ1) is 32.6. The van der Waals surface area contributed by atoms with E-state index in [1.54, 1.807) is 50.9 Å². The Morgan fingerprint density at radius 1 is 1.27 bits per heavy atom. The van der Waals surface area contributed by atoms with Crippen LogP contribution in [0.3, 0.4) is 0 Å². The van der Waals surface area contributed by atoms with Crippen LogP contribution in [0.4, 0.5) is 9.18 Å². The highest BCUT2D eigenvalue weighted by Crippen LogP contribution is 2.40. The topological polar surface area (TPSA) is 128 Å². The Bertz CT molecular complexity index is 1540. The molecule has 13 heteroatoms. The number of aliphatic imine (C=N–C) groups is 1. The van der Waals surface area contributed by atoms with Crippen LogP contribution in [0.25, 0.3) is 0 Å². The van der Waals surface area contributed by atoms with Crippen molar-refractivity contribution >= 4 is 35.1 Å². The molecule has 2 unspecified atom stereocenters. The minimum atomic E-state index is -1.09. The number of rotatable bonds is 10. The molecule has 11 nitrogen and oxygen atoms in total. The number of benzene rings is 1. The van der Waals surface area contributed by atoms with Crippen molar-refractivity contribution in [3.63, 3.8) is 0 Å². The fourth-order valence-electron chi connectivity index (χ4n) is 6.47. The predicted octanol–water partition coefficient (Wildman–Crippen LogP) is 4.06. The smallest absolute Gasteiger partial charge is 0.338 e. The van der Waals surface area contributed by atoms with Gasteiger partial charge in [-0.25, -0.2) is 19.0 Å². The third-order valence-corrected chi connectivity index (χ3v) is 9.90. The van der Waals surface area contributed by atoms with Gasteiger partial charge in [-0.15, -0.1) is 11.3 Å². The van der Waals surface area contributed by atoms with E-state index in [1.165, 1.54) is 17.4 Å². The number of urea groups is 1. The van der Waals surface area contributed by atoms with E-state index in [9.17, 15) is 23.9 Å². The zero-order chi connectivity index (χ0) is 32.7. The van der Waals surface area contributed by atoms with Gasteiger partial charge in [-0.2, -0.15) is 0 Å². The van der Waals surface area contributed by atoms with E-state index in [4.69, 9.17) is 9.73 Å². The normalized spacial score (nSPS) is 22.4. The molecular weight excluding hydrogens is 599 g/mol. The average Bonchev–Trinajstić information content (AvgIpc) is 3.61. The van der Waals surface area contributed by atoms with Gasteiger partial charge in [0.05, 0.1) is 23.1 Å². The number of carbonyl (C=O) groups excluding carboxylic acids is 2. The fourth-order valence-corrected chi connectivity index (χ4v) is 7.06. The van der Waals surface area contributed by atoms with Crippen molar-refractivity contribution in [1.29, 1.82) is 0 Å². The molecule has 2 saturated heterocycles. The maximum absolute atomic E-state index is 14.8. The highest BCUT2D eigenvalue weighted by Gasteiger charge is 2.55. The number of nitrogens with one attached hydrogen (secondary N) is 1. The number of fused-ring (bicyclic) bond motifs is 1.